The first-order chi connectivity index (χ1) is 8.29. The van der Waals surface area contributed by atoms with Crippen LogP contribution in [-0.2, 0) is 11.2 Å². The zero-order valence-electron chi connectivity index (χ0n) is 10.0. The predicted octanol–water partition coefficient (Wildman–Crippen LogP) is 2.38. The molecule has 4 heteroatoms. The smallest absolute Gasteiger partial charge is 0.133 e. The fourth-order valence-corrected chi connectivity index (χ4v) is 2.59. The molecule has 94 valence electrons. The molecule has 1 N–H and O–H groups in total. The van der Waals surface area contributed by atoms with E-state index < -0.39 is 0 Å². The maximum absolute atomic E-state index is 5.68. The van der Waals surface area contributed by atoms with E-state index in [9.17, 15) is 0 Å². The van der Waals surface area contributed by atoms with E-state index in [1.165, 1.54) is 5.56 Å². The first-order valence-electron chi connectivity index (χ1n) is 5.94. The van der Waals surface area contributed by atoms with Crippen molar-refractivity contribution in [2.24, 2.45) is 0 Å². The zero-order chi connectivity index (χ0) is 12.1. The van der Waals surface area contributed by atoms with Crippen LogP contribution in [0.1, 0.15) is 12.0 Å². The Bertz CT molecular complexity index is 364. The van der Waals surface area contributed by atoms with E-state index in [2.05, 4.69) is 33.4 Å². The van der Waals surface area contributed by atoms with Crippen molar-refractivity contribution >= 4 is 15.9 Å². The van der Waals surface area contributed by atoms with Crippen LogP contribution in [-0.4, -0.2) is 32.9 Å². The standard InChI is InChI=1S/C13H18BrNO2/c1-16-13-5-3-10(8-12(13)14)2-4-11-9-15-6-7-17-11/h3,5,8,11,15H,2,4,6-7,9H2,1H3. The molecule has 1 aliphatic rings. The van der Waals surface area contributed by atoms with E-state index in [4.69, 9.17) is 9.47 Å². The van der Waals surface area contributed by atoms with E-state index in [0.717, 1.165) is 42.8 Å². The van der Waals surface area contributed by atoms with Crippen LogP contribution in [0.5, 0.6) is 5.75 Å². The van der Waals surface area contributed by atoms with Gasteiger partial charge in [-0.05, 0) is 46.5 Å². The molecule has 2 rings (SSSR count). The highest BCUT2D eigenvalue weighted by molar-refractivity contribution is 9.10. The second-order valence-electron chi connectivity index (χ2n) is 4.20. The summed E-state index contributed by atoms with van der Waals surface area (Å²) < 4.78 is 11.9. The van der Waals surface area contributed by atoms with Gasteiger partial charge in [0.05, 0.1) is 24.3 Å². The third-order valence-electron chi connectivity index (χ3n) is 2.98. The molecule has 17 heavy (non-hydrogen) atoms. The summed E-state index contributed by atoms with van der Waals surface area (Å²) in [7, 11) is 1.68. The molecular formula is C13H18BrNO2. The van der Waals surface area contributed by atoms with Crippen LogP contribution in [0.4, 0.5) is 0 Å². The van der Waals surface area contributed by atoms with Crippen molar-refractivity contribution in [2.75, 3.05) is 26.8 Å². The number of ether oxygens (including phenoxy) is 2. The van der Waals surface area contributed by atoms with Crippen LogP contribution in [0, 0.1) is 0 Å². The summed E-state index contributed by atoms with van der Waals surface area (Å²) in [5.74, 6) is 0.879. The topological polar surface area (TPSA) is 30.5 Å². The van der Waals surface area contributed by atoms with Crippen molar-refractivity contribution < 1.29 is 9.47 Å². The lowest BCUT2D eigenvalue weighted by Gasteiger charge is -2.23. The monoisotopic (exact) mass is 299 g/mol. The molecule has 0 aromatic heterocycles. The molecule has 1 fully saturated rings. The quantitative estimate of drug-likeness (QED) is 0.926. The number of hydrogen-bond acceptors (Lipinski definition) is 3. The Balaban J connectivity index is 1.87. The largest absolute Gasteiger partial charge is 0.496 e. The number of rotatable bonds is 4. The van der Waals surface area contributed by atoms with E-state index in [0.29, 0.717) is 6.10 Å². The Hall–Kier alpha value is -0.580. The predicted molar refractivity (Wildman–Crippen MR) is 71.6 cm³/mol. The number of hydrogen-bond donors (Lipinski definition) is 1. The first-order valence-corrected chi connectivity index (χ1v) is 6.73. The van der Waals surface area contributed by atoms with Gasteiger partial charge in [-0.1, -0.05) is 6.07 Å². The Morgan fingerprint density at radius 2 is 2.41 bits per heavy atom. The molecule has 1 heterocycles. The summed E-state index contributed by atoms with van der Waals surface area (Å²) in [4.78, 5) is 0. The lowest BCUT2D eigenvalue weighted by molar-refractivity contribution is 0.0238. The fraction of sp³-hybridized carbons (Fsp3) is 0.538. The van der Waals surface area contributed by atoms with Crippen LogP contribution in [0.3, 0.4) is 0 Å². The Labute approximate surface area is 111 Å². The maximum Gasteiger partial charge on any atom is 0.133 e. The molecule has 1 aromatic carbocycles. The third-order valence-corrected chi connectivity index (χ3v) is 3.60. The van der Waals surface area contributed by atoms with Crippen LogP contribution in [0.25, 0.3) is 0 Å². The molecule has 0 radical (unpaired) electrons. The number of benzene rings is 1. The summed E-state index contributed by atoms with van der Waals surface area (Å²) >= 11 is 3.50. The third kappa shape index (κ3) is 3.69. The molecule has 1 atom stereocenters. The molecule has 1 saturated heterocycles. The molecule has 1 aliphatic heterocycles. The van der Waals surface area contributed by atoms with Gasteiger partial charge in [-0.15, -0.1) is 0 Å². The van der Waals surface area contributed by atoms with Gasteiger partial charge in [0.25, 0.3) is 0 Å². The zero-order valence-corrected chi connectivity index (χ0v) is 11.6. The number of nitrogens with one attached hydrogen (secondary N) is 1. The molecule has 0 bridgehead atoms. The van der Waals surface area contributed by atoms with Gasteiger partial charge in [0, 0.05) is 13.1 Å². The minimum Gasteiger partial charge on any atom is -0.496 e. The molecule has 1 unspecified atom stereocenters. The molecule has 0 amide bonds. The lowest BCUT2D eigenvalue weighted by atomic mass is 10.1. The normalized spacial score (nSPS) is 20.2. The van der Waals surface area contributed by atoms with Gasteiger partial charge in [0.2, 0.25) is 0 Å². The Morgan fingerprint density at radius 1 is 1.53 bits per heavy atom. The second kappa shape index (κ2) is 6.38. The van der Waals surface area contributed by atoms with E-state index in [1.54, 1.807) is 7.11 Å². The van der Waals surface area contributed by atoms with Crippen molar-refractivity contribution in [2.45, 2.75) is 18.9 Å². The molecule has 0 aliphatic carbocycles. The summed E-state index contributed by atoms with van der Waals surface area (Å²) in [5.41, 5.74) is 1.31. The number of methoxy groups -OCH3 is 1. The van der Waals surface area contributed by atoms with Gasteiger partial charge >= 0.3 is 0 Å². The summed E-state index contributed by atoms with van der Waals surface area (Å²) in [6.07, 6.45) is 2.45. The molecule has 1 aromatic rings. The minimum absolute atomic E-state index is 0.352. The minimum atomic E-state index is 0.352. The van der Waals surface area contributed by atoms with E-state index >= 15 is 0 Å². The van der Waals surface area contributed by atoms with Crippen molar-refractivity contribution in [1.29, 1.82) is 0 Å². The van der Waals surface area contributed by atoms with Crippen LogP contribution < -0.4 is 10.1 Å². The maximum atomic E-state index is 5.68. The van der Waals surface area contributed by atoms with Gasteiger partial charge in [-0.25, -0.2) is 0 Å². The van der Waals surface area contributed by atoms with Gasteiger partial charge in [-0.2, -0.15) is 0 Å². The fourth-order valence-electron chi connectivity index (χ4n) is 2.00. The Kier molecular flexibility index (Phi) is 4.83. The molecular weight excluding hydrogens is 282 g/mol. The molecule has 3 nitrogen and oxygen atoms in total. The van der Waals surface area contributed by atoms with Crippen LogP contribution in [0.2, 0.25) is 0 Å². The highest BCUT2D eigenvalue weighted by Crippen LogP contribution is 2.26. The molecule has 0 spiro atoms. The van der Waals surface area contributed by atoms with Crippen LogP contribution >= 0.6 is 15.9 Å². The summed E-state index contributed by atoms with van der Waals surface area (Å²) in [6.45, 7) is 2.78. The van der Waals surface area contributed by atoms with E-state index in [1.807, 2.05) is 6.07 Å². The van der Waals surface area contributed by atoms with E-state index in [-0.39, 0.29) is 0 Å². The van der Waals surface area contributed by atoms with Crippen molar-refractivity contribution in [3.63, 3.8) is 0 Å². The SMILES string of the molecule is COc1ccc(CCC2CNCCO2)cc1Br. The van der Waals surface area contributed by atoms with Crippen molar-refractivity contribution in [3.05, 3.63) is 28.2 Å². The average Bonchev–Trinajstić information content (AvgIpc) is 2.38. The van der Waals surface area contributed by atoms with Crippen LogP contribution in [0.15, 0.2) is 22.7 Å². The van der Waals surface area contributed by atoms with Gasteiger partial charge in [-0.3, -0.25) is 0 Å². The lowest BCUT2D eigenvalue weighted by Crippen LogP contribution is -2.38. The number of halogens is 1. The van der Waals surface area contributed by atoms with Gasteiger partial charge in [0.1, 0.15) is 5.75 Å². The second-order valence-corrected chi connectivity index (χ2v) is 5.06. The first kappa shape index (κ1) is 12.9. The van der Waals surface area contributed by atoms with Crippen molar-refractivity contribution in [1.82, 2.24) is 5.32 Å². The number of aryl methyl sites for hydroxylation is 1. The van der Waals surface area contributed by atoms with Gasteiger partial charge in [0.15, 0.2) is 0 Å². The van der Waals surface area contributed by atoms with Gasteiger partial charge < -0.3 is 14.8 Å². The summed E-state index contributed by atoms with van der Waals surface area (Å²) in [5, 5.41) is 3.35. The molecule has 0 saturated carbocycles. The van der Waals surface area contributed by atoms with Crippen molar-refractivity contribution in [3.8, 4) is 5.75 Å². The highest BCUT2D eigenvalue weighted by atomic mass is 79.9. The summed E-state index contributed by atoms with van der Waals surface area (Å²) in [6, 6.07) is 6.23. The highest BCUT2D eigenvalue weighted by Gasteiger charge is 2.13. The number of morpholine rings is 1. The Morgan fingerprint density at radius 3 is 3.06 bits per heavy atom. The average molecular weight is 300 g/mol.